The lowest BCUT2D eigenvalue weighted by molar-refractivity contribution is -0.132. The molecule has 4 nitrogen and oxygen atoms in total. The van der Waals surface area contributed by atoms with Crippen LogP contribution in [0.25, 0.3) is 0 Å². The third-order valence-electron chi connectivity index (χ3n) is 3.95. The molecule has 0 saturated heterocycles. The Balaban J connectivity index is 2.04. The molecule has 1 aromatic carbocycles. The number of hydrogen-bond acceptors (Lipinski definition) is 2. The van der Waals surface area contributed by atoms with Crippen molar-refractivity contribution in [1.29, 1.82) is 0 Å². The van der Waals surface area contributed by atoms with Gasteiger partial charge in [-0.2, -0.15) is 0 Å². The quantitative estimate of drug-likeness (QED) is 0.749. The number of nitrogens with zero attached hydrogens (tertiary/aromatic N) is 2. The van der Waals surface area contributed by atoms with Gasteiger partial charge in [0.1, 0.15) is 5.82 Å². The van der Waals surface area contributed by atoms with Gasteiger partial charge in [0.2, 0.25) is 5.91 Å². The van der Waals surface area contributed by atoms with Gasteiger partial charge in [0.25, 0.3) is 0 Å². The minimum absolute atomic E-state index is 0.153. The molecule has 2 rings (SSSR count). The van der Waals surface area contributed by atoms with E-state index in [-0.39, 0.29) is 5.91 Å². The van der Waals surface area contributed by atoms with Crippen molar-refractivity contribution in [3.8, 4) is 0 Å². The number of amides is 1. The Morgan fingerprint density at radius 2 is 2.12 bits per heavy atom. The topological polar surface area (TPSA) is 49.0 Å². The summed E-state index contributed by atoms with van der Waals surface area (Å²) in [5.74, 6) is 1.43. The Hall–Kier alpha value is -2.36. The van der Waals surface area contributed by atoms with Crippen molar-refractivity contribution < 1.29 is 4.79 Å². The number of imidazole rings is 1. The zero-order valence-corrected chi connectivity index (χ0v) is 14.9. The van der Waals surface area contributed by atoms with Crippen LogP contribution in [0.4, 0.5) is 0 Å². The lowest BCUT2D eigenvalue weighted by Gasteiger charge is -2.21. The van der Waals surface area contributed by atoms with Crippen LogP contribution in [-0.4, -0.2) is 27.3 Å². The molecule has 1 N–H and O–H groups in total. The van der Waals surface area contributed by atoms with Gasteiger partial charge in [0.05, 0.1) is 18.4 Å². The fourth-order valence-electron chi connectivity index (χ4n) is 2.66. The number of carbonyl (C=O) groups is 1. The summed E-state index contributed by atoms with van der Waals surface area (Å²) in [7, 11) is 0. The van der Waals surface area contributed by atoms with E-state index in [9.17, 15) is 4.79 Å². The molecular weight excluding hydrogens is 298 g/mol. The number of aryl methyl sites for hydroxylation is 1. The summed E-state index contributed by atoms with van der Waals surface area (Å²) in [6.45, 7) is 11.1. The third-order valence-corrected chi connectivity index (χ3v) is 3.95. The molecule has 1 amide bonds. The first-order valence-corrected chi connectivity index (χ1v) is 8.45. The summed E-state index contributed by atoms with van der Waals surface area (Å²) >= 11 is 0. The highest BCUT2D eigenvalue weighted by molar-refractivity contribution is 5.76. The van der Waals surface area contributed by atoms with Crippen molar-refractivity contribution in [2.24, 2.45) is 5.92 Å². The molecule has 0 radical (unpaired) electrons. The lowest BCUT2D eigenvalue weighted by atomic mass is 10.1. The minimum atomic E-state index is 0.153. The first-order chi connectivity index (χ1) is 11.5. The number of aromatic nitrogens is 2. The predicted octanol–water partition coefficient (Wildman–Crippen LogP) is 3.87. The van der Waals surface area contributed by atoms with Crippen LogP contribution >= 0.6 is 0 Å². The fourth-order valence-corrected chi connectivity index (χ4v) is 2.66. The van der Waals surface area contributed by atoms with Crippen LogP contribution in [0.5, 0.6) is 0 Å². The number of nitrogens with one attached hydrogen (secondary N) is 1. The summed E-state index contributed by atoms with van der Waals surface area (Å²) in [5, 5.41) is 0. The standard InChI is InChI=1S/C20H27N3O/c1-5-10-23(20(24)11-15(2)3)14-18-13-21-19(22-18)12-17-9-7-6-8-16(17)4/h5-9,13,15H,1,10-12,14H2,2-4H3,(H,21,22). The van der Waals surface area contributed by atoms with Crippen LogP contribution in [0, 0.1) is 12.8 Å². The molecule has 24 heavy (non-hydrogen) atoms. The third kappa shape index (κ3) is 5.08. The van der Waals surface area contributed by atoms with E-state index < -0.39 is 0 Å². The number of carbonyl (C=O) groups excluding carboxylic acids is 1. The van der Waals surface area contributed by atoms with Crippen molar-refractivity contribution in [2.75, 3.05) is 6.54 Å². The van der Waals surface area contributed by atoms with Gasteiger partial charge in [-0.3, -0.25) is 4.79 Å². The second kappa shape index (κ2) is 8.48. The molecule has 2 aromatic rings. The lowest BCUT2D eigenvalue weighted by Crippen LogP contribution is -2.31. The van der Waals surface area contributed by atoms with Crippen molar-refractivity contribution >= 4 is 5.91 Å². The largest absolute Gasteiger partial charge is 0.344 e. The molecular formula is C20H27N3O. The van der Waals surface area contributed by atoms with Gasteiger partial charge < -0.3 is 9.88 Å². The maximum atomic E-state index is 12.3. The predicted molar refractivity (Wildman–Crippen MR) is 97.6 cm³/mol. The van der Waals surface area contributed by atoms with Crippen LogP contribution in [0.15, 0.2) is 43.1 Å². The van der Waals surface area contributed by atoms with Crippen LogP contribution in [0.2, 0.25) is 0 Å². The summed E-state index contributed by atoms with van der Waals surface area (Å²) < 4.78 is 0. The van der Waals surface area contributed by atoms with Gasteiger partial charge in [-0.25, -0.2) is 4.98 Å². The molecule has 0 aliphatic carbocycles. The van der Waals surface area contributed by atoms with E-state index in [4.69, 9.17) is 0 Å². The monoisotopic (exact) mass is 325 g/mol. The Kier molecular flexibility index (Phi) is 6.36. The molecule has 0 unspecified atom stereocenters. The first-order valence-electron chi connectivity index (χ1n) is 8.45. The van der Waals surface area contributed by atoms with E-state index in [1.807, 2.05) is 23.2 Å². The van der Waals surface area contributed by atoms with E-state index >= 15 is 0 Å². The van der Waals surface area contributed by atoms with Crippen molar-refractivity contribution in [2.45, 2.75) is 40.2 Å². The SMILES string of the molecule is C=CCN(Cc1cnc(Cc2ccccc2C)[nH]1)C(=O)CC(C)C. The zero-order valence-electron chi connectivity index (χ0n) is 14.9. The van der Waals surface area contributed by atoms with Gasteiger partial charge in [0.15, 0.2) is 0 Å². The number of hydrogen-bond donors (Lipinski definition) is 1. The molecule has 0 fully saturated rings. The van der Waals surface area contributed by atoms with Crippen LogP contribution < -0.4 is 0 Å². The van der Waals surface area contributed by atoms with Crippen molar-refractivity contribution in [3.63, 3.8) is 0 Å². The van der Waals surface area contributed by atoms with E-state index in [1.54, 1.807) is 6.08 Å². The Morgan fingerprint density at radius 1 is 1.38 bits per heavy atom. The smallest absolute Gasteiger partial charge is 0.223 e. The second-order valence-electron chi connectivity index (χ2n) is 6.62. The Bertz CT molecular complexity index is 688. The summed E-state index contributed by atoms with van der Waals surface area (Å²) in [6, 6.07) is 8.31. The van der Waals surface area contributed by atoms with Gasteiger partial charge >= 0.3 is 0 Å². The average molecular weight is 325 g/mol. The number of benzene rings is 1. The Labute approximate surface area is 144 Å². The molecule has 0 spiro atoms. The van der Waals surface area contributed by atoms with Crippen molar-refractivity contribution in [3.05, 3.63) is 65.8 Å². The molecule has 0 bridgehead atoms. The van der Waals surface area contributed by atoms with Crippen LogP contribution in [0.3, 0.4) is 0 Å². The van der Waals surface area contributed by atoms with Gasteiger partial charge in [0, 0.05) is 19.4 Å². The summed E-state index contributed by atoms with van der Waals surface area (Å²) in [6.07, 6.45) is 4.92. The molecule has 0 atom stereocenters. The average Bonchev–Trinajstić information content (AvgIpc) is 2.96. The summed E-state index contributed by atoms with van der Waals surface area (Å²) in [5.41, 5.74) is 3.48. The molecule has 0 saturated carbocycles. The fraction of sp³-hybridized carbons (Fsp3) is 0.400. The molecule has 0 aliphatic heterocycles. The van der Waals surface area contributed by atoms with Crippen LogP contribution in [-0.2, 0) is 17.8 Å². The van der Waals surface area contributed by atoms with E-state index in [1.165, 1.54) is 11.1 Å². The highest BCUT2D eigenvalue weighted by Crippen LogP contribution is 2.13. The summed E-state index contributed by atoms with van der Waals surface area (Å²) in [4.78, 5) is 22.0. The molecule has 0 aliphatic rings. The van der Waals surface area contributed by atoms with Gasteiger partial charge in [-0.05, 0) is 24.0 Å². The highest BCUT2D eigenvalue weighted by Gasteiger charge is 2.15. The van der Waals surface area contributed by atoms with Gasteiger partial charge in [-0.1, -0.05) is 44.2 Å². The minimum Gasteiger partial charge on any atom is -0.344 e. The van der Waals surface area contributed by atoms with E-state index in [0.29, 0.717) is 25.4 Å². The van der Waals surface area contributed by atoms with E-state index in [2.05, 4.69) is 49.5 Å². The van der Waals surface area contributed by atoms with Crippen molar-refractivity contribution in [1.82, 2.24) is 14.9 Å². The normalized spacial score (nSPS) is 10.8. The first kappa shape index (κ1) is 18.0. The molecule has 4 heteroatoms. The zero-order chi connectivity index (χ0) is 17.5. The number of H-pyrrole nitrogens is 1. The maximum absolute atomic E-state index is 12.3. The second-order valence-corrected chi connectivity index (χ2v) is 6.62. The van der Waals surface area contributed by atoms with Gasteiger partial charge in [-0.15, -0.1) is 6.58 Å². The number of rotatable bonds is 8. The number of aromatic amines is 1. The maximum Gasteiger partial charge on any atom is 0.223 e. The highest BCUT2D eigenvalue weighted by atomic mass is 16.2. The molecule has 128 valence electrons. The Morgan fingerprint density at radius 3 is 2.79 bits per heavy atom. The molecule has 1 heterocycles. The van der Waals surface area contributed by atoms with E-state index in [0.717, 1.165) is 17.9 Å². The van der Waals surface area contributed by atoms with Crippen LogP contribution in [0.1, 0.15) is 42.9 Å². The molecule has 1 aromatic heterocycles.